The van der Waals surface area contributed by atoms with Gasteiger partial charge in [-0.05, 0) is 17.5 Å². The van der Waals surface area contributed by atoms with E-state index in [4.69, 9.17) is 5.73 Å². The van der Waals surface area contributed by atoms with E-state index in [9.17, 15) is 5.11 Å². The minimum Gasteiger partial charge on any atom is -0.506 e. The smallest absolute Gasteiger partial charge is 0.133 e. The number of hydrogen-bond donors (Lipinski definition) is 2. The maximum atomic E-state index is 9.78. The third-order valence-electron chi connectivity index (χ3n) is 2.72. The van der Waals surface area contributed by atoms with E-state index in [1.165, 1.54) is 11.3 Å². The molecule has 0 spiro atoms. The Bertz CT molecular complexity index is 679. The highest BCUT2D eigenvalue weighted by Crippen LogP contribution is 2.39. The number of fused-ring (bicyclic) bond motifs is 1. The second kappa shape index (κ2) is 3.49. The number of rotatable bonds is 1. The number of nitrogens with zero attached hydrogens (tertiary/aromatic N) is 2. The average Bonchev–Trinajstić information content (AvgIpc) is 2.84. The number of nitrogens with two attached hydrogens (primary N) is 1. The van der Waals surface area contributed by atoms with Crippen LogP contribution in [0.1, 0.15) is 0 Å². The molecular weight excluding hydrogens is 234 g/mol. The monoisotopic (exact) mass is 245 g/mol. The van der Waals surface area contributed by atoms with E-state index in [0.717, 1.165) is 20.7 Å². The maximum absolute atomic E-state index is 9.78. The number of anilines is 1. The van der Waals surface area contributed by atoms with Crippen molar-refractivity contribution in [2.24, 2.45) is 7.05 Å². The highest BCUT2D eigenvalue weighted by molar-refractivity contribution is 7.22. The number of aromatic nitrogens is 2. The molecule has 3 N–H and O–H groups in total. The van der Waals surface area contributed by atoms with Gasteiger partial charge in [-0.3, -0.25) is 4.68 Å². The zero-order chi connectivity index (χ0) is 12.0. The molecule has 0 saturated carbocycles. The second-order valence-corrected chi connectivity index (χ2v) is 4.93. The van der Waals surface area contributed by atoms with Crippen LogP contribution in [0.25, 0.3) is 20.7 Å². The highest BCUT2D eigenvalue weighted by Gasteiger charge is 2.13. The van der Waals surface area contributed by atoms with E-state index in [2.05, 4.69) is 5.10 Å². The Labute approximate surface area is 102 Å². The molecule has 4 nitrogen and oxygen atoms in total. The van der Waals surface area contributed by atoms with Crippen molar-refractivity contribution < 1.29 is 5.11 Å². The molecule has 1 aromatic carbocycles. The fourth-order valence-corrected chi connectivity index (χ4v) is 3.09. The summed E-state index contributed by atoms with van der Waals surface area (Å²) in [5, 5.41) is 14.9. The van der Waals surface area contributed by atoms with E-state index in [1.807, 2.05) is 25.2 Å². The van der Waals surface area contributed by atoms with Gasteiger partial charge in [-0.15, -0.1) is 11.3 Å². The minimum atomic E-state index is 0.305. The molecule has 2 aromatic heterocycles. The SMILES string of the molecule is Cn1ncc(N)c1-c1cc2cccc(O)c2s1. The van der Waals surface area contributed by atoms with Gasteiger partial charge in [0.05, 0.1) is 21.5 Å². The van der Waals surface area contributed by atoms with Crippen LogP contribution in [0.5, 0.6) is 5.75 Å². The van der Waals surface area contributed by atoms with Crippen LogP contribution in [0.4, 0.5) is 5.69 Å². The summed E-state index contributed by atoms with van der Waals surface area (Å²) in [4.78, 5) is 1.01. The second-order valence-electron chi connectivity index (χ2n) is 3.88. The summed E-state index contributed by atoms with van der Waals surface area (Å²) in [5.41, 5.74) is 7.44. The summed E-state index contributed by atoms with van der Waals surface area (Å²) >= 11 is 1.52. The van der Waals surface area contributed by atoms with Crippen molar-refractivity contribution in [3.63, 3.8) is 0 Å². The van der Waals surface area contributed by atoms with Gasteiger partial charge in [0.15, 0.2) is 0 Å². The summed E-state index contributed by atoms with van der Waals surface area (Å²) in [5.74, 6) is 0.305. The molecule has 0 radical (unpaired) electrons. The molecule has 0 unspecified atom stereocenters. The van der Waals surface area contributed by atoms with Gasteiger partial charge in [0.2, 0.25) is 0 Å². The number of nitrogen functional groups attached to an aromatic ring is 1. The van der Waals surface area contributed by atoms with Crippen LogP contribution in [0.2, 0.25) is 0 Å². The van der Waals surface area contributed by atoms with E-state index < -0.39 is 0 Å². The molecular formula is C12H11N3OS. The molecule has 0 fully saturated rings. The number of benzene rings is 1. The fraction of sp³-hybridized carbons (Fsp3) is 0.0833. The summed E-state index contributed by atoms with van der Waals surface area (Å²) < 4.78 is 2.62. The first kappa shape index (κ1) is 10.2. The lowest BCUT2D eigenvalue weighted by atomic mass is 10.2. The molecule has 5 heteroatoms. The van der Waals surface area contributed by atoms with Gasteiger partial charge >= 0.3 is 0 Å². The molecule has 2 heterocycles. The number of thiophene rings is 1. The molecule has 0 saturated heterocycles. The van der Waals surface area contributed by atoms with Gasteiger partial charge < -0.3 is 10.8 Å². The van der Waals surface area contributed by atoms with Gasteiger partial charge in [-0.25, -0.2) is 0 Å². The molecule has 0 bridgehead atoms. The van der Waals surface area contributed by atoms with Crippen LogP contribution in [0.15, 0.2) is 30.5 Å². The lowest BCUT2D eigenvalue weighted by Gasteiger charge is -1.98. The third-order valence-corrected chi connectivity index (χ3v) is 3.90. The fourth-order valence-electron chi connectivity index (χ4n) is 1.92. The van der Waals surface area contributed by atoms with E-state index in [0.29, 0.717) is 11.4 Å². The number of aromatic hydroxyl groups is 1. The van der Waals surface area contributed by atoms with Gasteiger partial charge in [0, 0.05) is 7.05 Å². The zero-order valence-corrected chi connectivity index (χ0v) is 10.0. The lowest BCUT2D eigenvalue weighted by Crippen LogP contribution is -1.93. The summed E-state index contributed by atoms with van der Waals surface area (Å²) in [6, 6.07) is 7.52. The average molecular weight is 245 g/mol. The van der Waals surface area contributed by atoms with Gasteiger partial charge in [0.1, 0.15) is 11.4 Å². The predicted molar refractivity (Wildman–Crippen MR) is 70.1 cm³/mol. The van der Waals surface area contributed by atoms with Crippen molar-refractivity contribution in [2.45, 2.75) is 0 Å². The summed E-state index contributed by atoms with van der Waals surface area (Å²) in [7, 11) is 1.86. The van der Waals surface area contributed by atoms with Crippen molar-refractivity contribution in [1.29, 1.82) is 0 Å². The first-order chi connectivity index (χ1) is 8.16. The molecule has 0 aliphatic carbocycles. The zero-order valence-electron chi connectivity index (χ0n) is 9.21. The molecule has 0 amide bonds. The van der Waals surface area contributed by atoms with Gasteiger partial charge in [-0.1, -0.05) is 12.1 Å². The number of phenolic OH excluding ortho intramolecular Hbond substituents is 1. The Morgan fingerprint density at radius 3 is 2.88 bits per heavy atom. The molecule has 3 aromatic rings. The number of phenols is 1. The quantitative estimate of drug-likeness (QED) is 0.692. The Morgan fingerprint density at radius 2 is 2.24 bits per heavy atom. The first-order valence-electron chi connectivity index (χ1n) is 5.16. The van der Waals surface area contributed by atoms with Crippen molar-refractivity contribution in [3.8, 4) is 16.3 Å². The molecule has 17 heavy (non-hydrogen) atoms. The molecule has 3 rings (SSSR count). The van der Waals surface area contributed by atoms with E-state index >= 15 is 0 Å². The van der Waals surface area contributed by atoms with Crippen LogP contribution in [-0.4, -0.2) is 14.9 Å². The minimum absolute atomic E-state index is 0.305. The molecule has 0 aliphatic rings. The number of hydrogen-bond acceptors (Lipinski definition) is 4. The Balaban J connectivity index is 2.29. The maximum Gasteiger partial charge on any atom is 0.133 e. The Hall–Kier alpha value is -2.01. The summed E-state index contributed by atoms with van der Waals surface area (Å²) in [6.45, 7) is 0. The van der Waals surface area contributed by atoms with Crippen molar-refractivity contribution in [2.75, 3.05) is 5.73 Å². The van der Waals surface area contributed by atoms with Gasteiger partial charge in [0.25, 0.3) is 0 Å². The van der Waals surface area contributed by atoms with E-state index in [-0.39, 0.29) is 0 Å². The largest absolute Gasteiger partial charge is 0.506 e. The first-order valence-corrected chi connectivity index (χ1v) is 5.98. The topological polar surface area (TPSA) is 64.1 Å². The van der Waals surface area contributed by atoms with Crippen LogP contribution in [0, 0.1) is 0 Å². The van der Waals surface area contributed by atoms with Gasteiger partial charge in [-0.2, -0.15) is 5.10 Å². The Morgan fingerprint density at radius 1 is 1.41 bits per heavy atom. The molecule has 86 valence electrons. The number of aryl methyl sites for hydroxylation is 1. The third kappa shape index (κ3) is 1.47. The normalized spacial score (nSPS) is 11.1. The molecule has 0 aliphatic heterocycles. The standard InChI is InChI=1S/C12H11N3OS/c1-15-11(8(13)6-14-15)10-5-7-3-2-4-9(16)12(7)17-10/h2-6,16H,13H2,1H3. The van der Waals surface area contributed by atoms with Crippen molar-refractivity contribution in [3.05, 3.63) is 30.5 Å². The van der Waals surface area contributed by atoms with Crippen molar-refractivity contribution >= 4 is 27.1 Å². The van der Waals surface area contributed by atoms with Crippen molar-refractivity contribution in [1.82, 2.24) is 9.78 Å². The summed E-state index contributed by atoms with van der Waals surface area (Å²) in [6.07, 6.45) is 1.64. The van der Waals surface area contributed by atoms with Crippen LogP contribution in [-0.2, 0) is 7.05 Å². The van der Waals surface area contributed by atoms with E-state index in [1.54, 1.807) is 16.9 Å². The highest BCUT2D eigenvalue weighted by atomic mass is 32.1. The lowest BCUT2D eigenvalue weighted by molar-refractivity contribution is 0.482. The van der Waals surface area contributed by atoms with Crippen LogP contribution in [0.3, 0.4) is 0 Å². The van der Waals surface area contributed by atoms with Crippen LogP contribution < -0.4 is 5.73 Å². The Kier molecular flexibility index (Phi) is 2.09. The predicted octanol–water partition coefficient (Wildman–Crippen LogP) is 2.59. The molecule has 0 atom stereocenters. The van der Waals surface area contributed by atoms with Crippen LogP contribution >= 0.6 is 11.3 Å².